The molecule has 0 radical (unpaired) electrons. The normalized spacial score (nSPS) is 16.6. The Labute approximate surface area is 182 Å². The second-order valence-corrected chi connectivity index (χ2v) is 9.51. The van der Waals surface area contributed by atoms with Gasteiger partial charge in [0.1, 0.15) is 0 Å². The number of rotatable bonds is 6. The van der Waals surface area contributed by atoms with Gasteiger partial charge in [-0.2, -0.15) is 15.0 Å². The van der Waals surface area contributed by atoms with E-state index in [1.807, 2.05) is 26.1 Å². The van der Waals surface area contributed by atoms with Gasteiger partial charge in [-0.25, -0.2) is 0 Å². The van der Waals surface area contributed by atoms with Crippen molar-refractivity contribution in [3.8, 4) is 5.88 Å². The number of nitrogens with zero attached hydrogens (tertiary/aromatic N) is 4. The Bertz CT molecular complexity index is 1070. The van der Waals surface area contributed by atoms with Crippen LogP contribution >= 0.6 is 0 Å². The molecule has 5 N–H and O–H groups in total. The van der Waals surface area contributed by atoms with Crippen LogP contribution in [0.15, 0.2) is 18.3 Å². The van der Waals surface area contributed by atoms with Crippen LogP contribution < -0.4 is 20.9 Å². The standard InChI is InChI=1S/C22H32N8O/c1-13-6-7-15-16(11-24-18(15)31)17(13)26-20-27-19(25-14-8-9-23-10-14)28-21(29-20)30(5)12-22(2,3)4/h6-7,11,14,23-24,31H,8-10,12H2,1-5H3,(H2,25,26,27,28,29)/t14-/m1/s1. The fraction of sp³-hybridized carbons (Fsp3) is 0.500. The Hall–Kier alpha value is -3.07. The number of aromatic nitrogens is 4. The van der Waals surface area contributed by atoms with E-state index < -0.39 is 0 Å². The quantitative estimate of drug-likeness (QED) is 0.409. The number of hydrogen-bond acceptors (Lipinski definition) is 8. The minimum absolute atomic E-state index is 0.1000. The summed E-state index contributed by atoms with van der Waals surface area (Å²) >= 11 is 0. The number of aromatic amines is 1. The molecular formula is C22H32N8O. The molecule has 1 aromatic carbocycles. The molecule has 9 heteroatoms. The lowest BCUT2D eigenvalue weighted by molar-refractivity contribution is 0.416. The third kappa shape index (κ3) is 4.82. The lowest BCUT2D eigenvalue weighted by Gasteiger charge is -2.27. The van der Waals surface area contributed by atoms with Gasteiger partial charge in [-0.1, -0.05) is 26.8 Å². The lowest BCUT2D eigenvalue weighted by Crippen LogP contribution is -2.31. The second kappa shape index (κ2) is 8.22. The van der Waals surface area contributed by atoms with Crippen LogP contribution in [0.3, 0.4) is 0 Å². The molecule has 0 saturated carbocycles. The molecule has 1 aliphatic heterocycles. The number of hydrogen-bond donors (Lipinski definition) is 5. The van der Waals surface area contributed by atoms with E-state index in [1.54, 1.807) is 6.20 Å². The highest BCUT2D eigenvalue weighted by Gasteiger charge is 2.20. The average Bonchev–Trinajstić information content (AvgIpc) is 3.32. The van der Waals surface area contributed by atoms with Crippen molar-refractivity contribution in [2.75, 3.05) is 42.2 Å². The van der Waals surface area contributed by atoms with Gasteiger partial charge >= 0.3 is 0 Å². The number of nitrogens with one attached hydrogen (secondary N) is 4. The molecule has 0 amide bonds. The molecule has 166 valence electrons. The van der Waals surface area contributed by atoms with Gasteiger partial charge in [-0.15, -0.1) is 0 Å². The molecule has 1 fully saturated rings. The summed E-state index contributed by atoms with van der Waals surface area (Å²) in [6.07, 6.45) is 2.82. The summed E-state index contributed by atoms with van der Waals surface area (Å²) in [6, 6.07) is 4.16. The van der Waals surface area contributed by atoms with Crippen LogP contribution in [-0.2, 0) is 0 Å². The average molecular weight is 425 g/mol. The van der Waals surface area contributed by atoms with Gasteiger partial charge in [0.15, 0.2) is 5.88 Å². The molecule has 3 aromatic rings. The minimum Gasteiger partial charge on any atom is -0.494 e. The van der Waals surface area contributed by atoms with Gasteiger partial charge in [-0.05, 0) is 36.9 Å². The first kappa shape index (κ1) is 21.2. The third-order valence-corrected chi connectivity index (χ3v) is 5.37. The van der Waals surface area contributed by atoms with Crippen molar-refractivity contribution in [3.05, 3.63) is 23.9 Å². The number of anilines is 4. The van der Waals surface area contributed by atoms with Gasteiger partial charge in [0, 0.05) is 43.1 Å². The fourth-order valence-corrected chi connectivity index (χ4v) is 3.98. The van der Waals surface area contributed by atoms with E-state index in [0.29, 0.717) is 23.9 Å². The molecule has 3 heterocycles. The molecule has 0 bridgehead atoms. The summed E-state index contributed by atoms with van der Waals surface area (Å²) in [7, 11) is 2.00. The second-order valence-electron chi connectivity index (χ2n) is 9.51. The van der Waals surface area contributed by atoms with Crippen LogP contribution in [0.4, 0.5) is 23.5 Å². The highest BCUT2D eigenvalue weighted by Crippen LogP contribution is 2.34. The molecule has 0 unspecified atom stereocenters. The largest absolute Gasteiger partial charge is 0.494 e. The minimum atomic E-state index is 0.1000. The van der Waals surface area contributed by atoms with Gasteiger partial charge in [0.05, 0.1) is 5.69 Å². The molecule has 0 aliphatic carbocycles. The molecule has 31 heavy (non-hydrogen) atoms. The fourth-order valence-electron chi connectivity index (χ4n) is 3.98. The summed E-state index contributed by atoms with van der Waals surface area (Å²) in [5.41, 5.74) is 1.99. The molecule has 2 aromatic heterocycles. The van der Waals surface area contributed by atoms with Crippen molar-refractivity contribution in [3.63, 3.8) is 0 Å². The predicted molar refractivity (Wildman–Crippen MR) is 125 cm³/mol. The van der Waals surface area contributed by atoms with Crippen LogP contribution in [0.25, 0.3) is 10.8 Å². The van der Waals surface area contributed by atoms with E-state index in [0.717, 1.165) is 48.1 Å². The van der Waals surface area contributed by atoms with Crippen molar-refractivity contribution >= 4 is 34.3 Å². The zero-order valence-electron chi connectivity index (χ0n) is 18.9. The van der Waals surface area contributed by atoms with Gasteiger partial charge < -0.3 is 30.9 Å². The lowest BCUT2D eigenvalue weighted by atomic mass is 9.96. The molecular weight excluding hydrogens is 392 g/mol. The summed E-state index contributed by atoms with van der Waals surface area (Å²) < 4.78 is 0. The highest BCUT2D eigenvalue weighted by molar-refractivity contribution is 5.99. The topological polar surface area (TPSA) is 114 Å². The first-order valence-electron chi connectivity index (χ1n) is 10.7. The number of benzene rings is 1. The van der Waals surface area contributed by atoms with Crippen LogP contribution in [0.1, 0.15) is 32.8 Å². The molecule has 0 spiro atoms. The van der Waals surface area contributed by atoms with Crippen LogP contribution in [0.2, 0.25) is 0 Å². The first-order chi connectivity index (χ1) is 14.7. The van der Waals surface area contributed by atoms with Crippen LogP contribution in [0.5, 0.6) is 5.88 Å². The summed E-state index contributed by atoms with van der Waals surface area (Å²) in [5.74, 6) is 1.79. The Morgan fingerprint density at radius 2 is 1.94 bits per heavy atom. The Morgan fingerprint density at radius 1 is 1.16 bits per heavy atom. The Morgan fingerprint density at radius 3 is 2.65 bits per heavy atom. The number of aryl methyl sites for hydroxylation is 1. The maximum atomic E-state index is 10.1. The van der Waals surface area contributed by atoms with Gasteiger partial charge in [0.2, 0.25) is 17.8 Å². The monoisotopic (exact) mass is 424 g/mol. The van der Waals surface area contributed by atoms with Crippen molar-refractivity contribution in [1.82, 2.24) is 25.3 Å². The predicted octanol–water partition coefficient (Wildman–Crippen LogP) is 3.37. The maximum absolute atomic E-state index is 10.1. The molecule has 1 atom stereocenters. The van der Waals surface area contributed by atoms with E-state index in [1.165, 1.54) is 0 Å². The van der Waals surface area contributed by atoms with Crippen molar-refractivity contribution in [1.29, 1.82) is 0 Å². The van der Waals surface area contributed by atoms with Crippen molar-refractivity contribution in [2.24, 2.45) is 5.41 Å². The number of aromatic hydroxyl groups is 1. The molecule has 9 nitrogen and oxygen atoms in total. The van der Waals surface area contributed by atoms with Crippen molar-refractivity contribution < 1.29 is 5.11 Å². The zero-order valence-corrected chi connectivity index (χ0v) is 18.9. The number of H-pyrrole nitrogens is 1. The summed E-state index contributed by atoms with van der Waals surface area (Å²) in [4.78, 5) is 19.0. The smallest absolute Gasteiger partial charge is 0.233 e. The van der Waals surface area contributed by atoms with Crippen molar-refractivity contribution in [2.45, 2.75) is 40.2 Å². The van der Waals surface area contributed by atoms with E-state index in [4.69, 9.17) is 9.97 Å². The van der Waals surface area contributed by atoms with Gasteiger partial charge in [0.25, 0.3) is 0 Å². The van der Waals surface area contributed by atoms with E-state index in [2.05, 4.69) is 51.6 Å². The molecule has 1 aliphatic rings. The van der Waals surface area contributed by atoms with Gasteiger partial charge in [-0.3, -0.25) is 0 Å². The maximum Gasteiger partial charge on any atom is 0.233 e. The molecule has 4 rings (SSSR count). The summed E-state index contributed by atoms with van der Waals surface area (Å²) in [5, 5.41) is 21.9. The molecule has 1 saturated heterocycles. The van der Waals surface area contributed by atoms with Crippen LogP contribution in [-0.4, -0.2) is 57.8 Å². The van der Waals surface area contributed by atoms with Crippen LogP contribution in [0, 0.1) is 12.3 Å². The SMILES string of the molecule is Cc1ccc2c(O)[nH]cc2c1Nc1nc(N[C@@H]2CCNC2)nc(N(C)CC(C)(C)C)n1. The summed E-state index contributed by atoms with van der Waals surface area (Å²) in [6.45, 7) is 11.3. The Kier molecular flexibility index (Phi) is 5.62. The third-order valence-electron chi connectivity index (χ3n) is 5.37. The van der Waals surface area contributed by atoms with E-state index in [-0.39, 0.29) is 11.3 Å². The highest BCUT2D eigenvalue weighted by atomic mass is 16.3. The Balaban J connectivity index is 1.70. The van der Waals surface area contributed by atoms with E-state index in [9.17, 15) is 5.11 Å². The first-order valence-corrected chi connectivity index (χ1v) is 10.7. The number of fused-ring (bicyclic) bond motifs is 1. The zero-order chi connectivity index (χ0) is 22.2. The van der Waals surface area contributed by atoms with E-state index >= 15 is 0 Å².